The number of hydrogen-bond donors (Lipinski definition) is 1. The molecule has 25 heavy (non-hydrogen) atoms. The van der Waals surface area contributed by atoms with E-state index in [2.05, 4.69) is 0 Å². The number of hydrogen-bond acceptors (Lipinski definition) is 4. The van der Waals surface area contributed by atoms with Crippen molar-refractivity contribution < 1.29 is 24.0 Å². The Morgan fingerprint density at radius 2 is 1.96 bits per heavy atom. The molecule has 1 aromatic carbocycles. The second-order valence-electron chi connectivity index (χ2n) is 6.53. The molecule has 1 N–H and O–H groups in total. The van der Waals surface area contributed by atoms with Gasteiger partial charge in [0.05, 0.1) is 12.5 Å². The van der Waals surface area contributed by atoms with Gasteiger partial charge in [-0.25, -0.2) is 4.79 Å². The first-order valence-corrected chi connectivity index (χ1v) is 9.82. The fraction of sp³-hybridized carbons (Fsp3) is 0.500. The van der Waals surface area contributed by atoms with Crippen molar-refractivity contribution in [1.29, 1.82) is 0 Å². The Bertz CT molecular complexity index is 664. The topological polar surface area (TPSA) is 71.4 Å². The SMILES string of the molecule is C[C@H](CSC(=O)c1ccc(CCl)cc1)C(=O)[N+]1(C(=O)O)CCC[C@H]1C. The maximum Gasteiger partial charge on any atom is 0.521 e. The monoisotopic (exact) mass is 384 g/mol. The fourth-order valence-corrected chi connectivity index (χ4v) is 4.29. The summed E-state index contributed by atoms with van der Waals surface area (Å²) >= 11 is 6.79. The van der Waals surface area contributed by atoms with Gasteiger partial charge < -0.3 is 5.11 Å². The summed E-state index contributed by atoms with van der Waals surface area (Å²) < 4.78 is -0.514. The van der Waals surface area contributed by atoms with Crippen LogP contribution < -0.4 is 0 Å². The average Bonchev–Trinajstić information content (AvgIpc) is 3.01. The maximum atomic E-state index is 12.8. The predicted octanol–water partition coefficient (Wildman–Crippen LogP) is 4.14. The van der Waals surface area contributed by atoms with Crippen LogP contribution in [0.2, 0.25) is 0 Å². The van der Waals surface area contributed by atoms with Gasteiger partial charge in [0, 0.05) is 30.0 Å². The lowest BCUT2D eigenvalue weighted by atomic mass is 10.1. The Balaban J connectivity index is 2.01. The summed E-state index contributed by atoms with van der Waals surface area (Å²) in [7, 11) is 0. The highest BCUT2D eigenvalue weighted by Gasteiger charge is 2.54. The fourth-order valence-electron chi connectivity index (χ4n) is 3.26. The molecule has 0 aromatic heterocycles. The van der Waals surface area contributed by atoms with Gasteiger partial charge in [0.25, 0.3) is 0 Å². The molecule has 1 aromatic rings. The van der Waals surface area contributed by atoms with Gasteiger partial charge in [-0.15, -0.1) is 11.6 Å². The minimum atomic E-state index is -1.09. The highest BCUT2D eigenvalue weighted by molar-refractivity contribution is 8.14. The first kappa shape index (κ1) is 19.9. The zero-order valence-corrected chi connectivity index (χ0v) is 16.0. The molecule has 0 bridgehead atoms. The van der Waals surface area contributed by atoms with Crippen molar-refractivity contribution in [1.82, 2.24) is 0 Å². The van der Waals surface area contributed by atoms with Crippen LogP contribution in [0.1, 0.15) is 42.6 Å². The number of imide groups is 1. The second-order valence-corrected chi connectivity index (χ2v) is 7.79. The molecule has 0 spiro atoms. The Morgan fingerprint density at radius 3 is 2.44 bits per heavy atom. The number of nitrogens with zero attached hydrogens (tertiary/aromatic N) is 1. The van der Waals surface area contributed by atoms with Crippen LogP contribution in [0.25, 0.3) is 0 Å². The van der Waals surface area contributed by atoms with Crippen molar-refractivity contribution in [2.75, 3.05) is 12.3 Å². The van der Waals surface area contributed by atoms with Crippen molar-refractivity contribution >= 4 is 40.5 Å². The molecule has 2 rings (SSSR count). The van der Waals surface area contributed by atoms with Gasteiger partial charge >= 0.3 is 12.0 Å². The average molecular weight is 385 g/mol. The zero-order valence-electron chi connectivity index (χ0n) is 14.4. The molecule has 0 saturated carbocycles. The molecular formula is C18H23ClNO4S+. The number of thioether (sulfide) groups is 1. The standard InChI is InChI=1S/C18H22ClNO4S/c1-12(16(21)20(18(23)24)9-3-4-13(20)2)11-25-17(22)15-7-5-14(10-19)6-8-15/h5-8,12-13H,3-4,9-11H2,1-2H3/p+1/t12-,13-,20?/m1/s1. The molecule has 2 amide bonds. The third-order valence-corrected chi connectivity index (χ3v) is 6.32. The van der Waals surface area contributed by atoms with Crippen molar-refractivity contribution in [2.24, 2.45) is 5.92 Å². The number of carboxylic acid groups (broad SMARTS) is 1. The van der Waals surface area contributed by atoms with Crippen molar-refractivity contribution in [2.45, 2.75) is 38.6 Å². The molecular weight excluding hydrogens is 362 g/mol. The number of rotatable bonds is 5. The number of carbonyl (C=O) groups excluding carboxylic acids is 2. The first-order chi connectivity index (χ1) is 11.8. The van der Waals surface area contributed by atoms with Gasteiger partial charge in [0.15, 0.2) is 0 Å². The lowest BCUT2D eigenvalue weighted by molar-refractivity contribution is -0.793. The van der Waals surface area contributed by atoms with Gasteiger partial charge in [-0.05, 0) is 19.4 Å². The second kappa shape index (κ2) is 8.34. The zero-order chi connectivity index (χ0) is 18.6. The number of alkyl halides is 1. The quantitative estimate of drug-likeness (QED) is 0.610. The predicted molar refractivity (Wildman–Crippen MR) is 98.8 cm³/mol. The van der Waals surface area contributed by atoms with Crippen molar-refractivity contribution in [3.63, 3.8) is 0 Å². The van der Waals surface area contributed by atoms with E-state index in [1.165, 1.54) is 0 Å². The van der Waals surface area contributed by atoms with E-state index in [0.29, 0.717) is 18.0 Å². The van der Waals surface area contributed by atoms with Crippen LogP contribution in [-0.4, -0.2) is 45.0 Å². The lowest BCUT2D eigenvalue weighted by Gasteiger charge is -2.31. The van der Waals surface area contributed by atoms with Crippen LogP contribution in [0, 0.1) is 5.92 Å². The molecule has 0 aliphatic carbocycles. The molecule has 0 radical (unpaired) electrons. The molecule has 5 nitrogen and oxygen atoms in total. The Morgan fingerprint density at radius 1 is 1.32 bits per heavy atom. The number of benzene rings is 1. The Labute approximate surface area is 156 Å². The van der Waals surface area contributed by atoms with Crippen molar-refractivity contribution in [3.05, 3.63) is 35.4 Å². The minimum Gasteiger partial charge on any atom is -0.435 e. The van der Waals surface area contributed by atoms with Crippen LogP contribution in [0.3, 0.4) is 0 Å². The number of carbonyl (C=O) groups is 3. The van der Waals surface area contributed by atoms with E-state index in [9.17, 15) is 19.5 Å². The molecule has 1 aliphatic rings. The van der Waals surface area contributed by atoms with Crippen LogP contribution in [0.15, 0.2) is 24.3 Å². The van der Waals surface area contributed by atoms with E-state index in [1.54, 1.807) is 31.2 Å². The van der Waals surface area contributed by atoms with Gasteiger partial charge in [-0.1, -0.05) is 36.0 Å². The Hall–Kier alpha value is -1.37. The first-order valence-electron chi connectivity index (χ1n) is 8.30. The molecule has 3 atom stereocenters. The Kier molecular flexibility index (Phi) is 6.65. The molecule has 7 heteroatoms. The number of halogens is 1. The van der Waals surface area contributed by atoms with E-state index in [-0.39, 0.29) is 22.8 Å². The van der Waals surface area contributed by atoms with Crippen LogP contribution >= 0.6 is 23.4 Å². The van der Waals surface area contributed by atoms with Crippen LogP contribution in [0.5, 0.6) is 0 Å². The summed E-state index contributed by atoms with van der Waals surface area (Å²) in [5.74, 6) is -0.155. The summed E-state index contributed by atoms with van der Waals surface area (Å²) in [5.41, 5.74) is 1.48. The van der Waals surface area contributed by atoms with Crippen molar-refractivity contribution in [3.8, 4) is 0 Å². The summed E-state index contributed by atoms with van der Waals surface area (Å²) in [6.07, 6.45) is 0.365. The summed E-state index contributed by atoms with van der Waals surface area (Å²) in [6.45, 7) is 3.84. The number of likely N-dealkylation sites (tertiary alicyclic amines) is 1. The molecule has 1 heterocycles. The summed E-state index contributed by atoms with van der Waals surface area (Å²) in [4.78, 5) is 36.8. The van der Waals surface area contributed by atoms with E-state index in [4.69, 9.17) is 11.6 Å². The minimum absolute atomic E-state index is 0.128. The lowest BCUT2D eigenvalue weighted by Crippen LogP contribution is -2.60. The summed E-state index contributed by atoms with van der Waals surface area (Å²) in [6, 6.07) is 6.80. The van der Waals surface area contributed by atoms with E-state index >= 15 is 0 Å². The van der Waals surface area contributed by atoms with Crippen LogP contribution in [0.4, 0.5) is 4.79 Å². The van der Waals surface area contributed by atoms with Gasteiger partial charge in [0.1, 0.15) is 6.04 Å². The van der Waals surface area contributed by atoms with Gasteiger partial charge in [0.2, 0.25) is 5.12 Å². The highest BCUT2D eigenvalue weighted by Crippen LogP contribution is 2.31. The normalized spacial score (nSPS) is 24.0. The third-order valence-electron chi connectivity index (χ3n) is 4.85. The molecule has 1 fully saturated rings. The maximum absolute atomic E-state index is 12.8. The smallest absolute Gasteiger partial charge is 0.435 e. The number of amides is 2. The largest absolute Gasteiger partial charge is 0.521 e. The van der Waals surface area contributed by atoms with E-state index < -0.39 is 16.5 Å². The van der Waals surface area contributed by atoms with Crippen LogP contribution in [-0.2, 0) is 10.7 Å². The molecule has 136 valence electrons. The van der Waals surface area contributed by atoms with E-state index in [1.807, 2.05) is 6.92 Å². The van der Waals surface area contributed by atoms with E-state index in [0.717, 1.165) is 30.2 Å². The summed E-state index contributed by atoms with van der Waals surface area (Å²) in [5, 5.41) is 9.50. The van der Waals surface area contributed by atoms with Gasteiger partial charge in [-0.3, -0.25) is 4.79 Å². The third kappa shape index (κ3) is 4.07. The van der Waals surface area contributed by atoms with Gasteiger partial charge in [-0.2, -0.15) is 9.28 Å². The molecule has 1 aliphatic heterocycles. The molecule has 1 saturated heterocycles. The highest BCUT2D eigenvalue weighted by atomic mass is 35.5. The number of quaternary nitrogens is 1. The molecule has 1 unspecified atom stereocenters.